The van der Waals surface area contributed by atoms with Gasteiger partial charge in [-0.3, -0.25) is 4.72 Å². The molecule has 0 aliphatic rings. The Labute approximate surface area is 130 Å². The molecule has 0 spiro atoms. The highest BCUT2D eigenvalue weighted by Crippen LogP contribution is 2.22. The van der Waals surface area contributed by atoms with Gasteiger partial charge in [0.25, 0.3) is 0 Å². The third kappa shape index (κ3) is 4.65. The summed E-state index contributed by atoms with van der Waals surface area (Å²) in [5.74, 6) is 0. The first-order valence-corrected chi connectivity index (χ1v) is 8.68. The molecule has 2 aromatic rings. The quantitative estimate of drug-likeness (QED) is 0.883. The number of anilines is 2. The highest BCUT2D eigenvalue weighted by Gasteiger charge is 2.06. The van der Waals surface area contributed by atoms with Crippen LogP contribution in [-0.4, -0.2) is 14.7 Å². The number of benzene rings is 2. The van der Waals surface area contributed by atoms with Crippen LogP contribution in [0.15, 0.2) is 42.5 Å². The molecule has 0 aromatic heterocycles. The van der Waals surface area contributed by atoms with Crippen LogP contribution >= 0.6 is 11.6 Å². The van der Waals surface area contributed by atoms with Crippen LogP contribution in [0.3, 0.4) is 0 Å². The van der Waals surface area contributed by atoms with Crippen molar-refractivity contribution in [1.29, 1.82) is 0 Å². The zero-order chi connectivity index (χ0) is 15.5. The van der Waals surface area contributed by atoms with Crippen molar-refractivity contribution in [3.63, 3.8) is 0 Å². The molecule has 0 saturated heterocycles. The van der Waals surface area contributed by atoms with Crippen LogP contribution in [0, 0.1) is 6.92 Å². The third-order valence-electron chi connectivity index (χ3n) is 2.96. The first-order valence-electron chi connectivity index (χ1n) is 6.41. The molecule has 112 valence electrons. The summed E-state index contributed by atoms with van der Waals surface area (Å²) in [6, 6.07) is 13.1. The number of hydrogen-bond acceptors (Lipinski definition) is 3. The molecular weight excluding hydrogens is 308 g/mol. The Bertz CT molecular complexity index is 745. The molecule has 0 aliphatic heterocycles. The van der Waals surface area contributed by atoms with E-state index >= 15 is 0 Å². The van der Waals surface area contributed by atoms with E-state index in [1.165, 1.54) is 0 Å². The second-order valence-corrected chi connectivity index (χ2v) is 7.00. The van der Waals surface area contributed by atoms with Gasteiger partial charge in [-0.1, -0.05) is 29.8 Å². The first kappa shape index (κ1) is 15.7. The smallest absolute Gasteiger partial charge is 0.229 e. The van der Waals surface area contributed by atoms with Crippen molar-refractivity contribution in [2.24, 2.45) is 0 Å². The molecule has 0 unspecified atom stereocenters. The number of aryl methyl sites for hydroxylation is 1. The molecule has 21 heavy (non-hydrogen) atoms. The molecule has 0 aliphatic carbocycles. The van der Waals surface area contributed by atoms with Crippen LogP contribution in [0.4, 0.5) is 11.4 Å². The zero-order valence-electron chi connectivity index (χ0n) is 11.9. The van der Waals surface area contributed by atoms with Crippen molar-refractivity contribution in [2.45, 2.75) is 13.5 Å². The van der Waals surface area contributed by atoms with E-state index in [0.29, 0.717) is 12.2 Å². The topological polar surface area (TPSA) is 58.2 Å². The second-order valence-electron chi connectivity index (χ2n) is 4.85. The lowest BCUT2D eigenvalue weighted by molar-refractivity contribution is 0.607. The molecule has 0 fully saturated rings. The van der Waals surface area contributed by atoms with Crippen molar-refractivity contribution in [1.82, 2.24) is 0 Å². The summed E-state index contributed by atoms with van der Waals surface area (Å²) in [7, 11) is -3.26. The molecule has 2 rings (SSSR count). The number of sulfonamides is 1. The lowest BCUT2D eigenvalue weighted by atomic mass is 10.1. The van der Waals surface area contributed by atoms with Crippen molar-refractivity contribution < 1.29 is 8.42 Å². The first-order chi connectivity index (χ1) is 9.85. The molecule has 0 atom stereocenters. The summed E-state index contributed by atoms with van der Waals surface area (Å²) in [5, 5.41) is 3.99. The van der Waals surface area contributed by atoms with Gasteiger partial charge in [-0.15, -0.1) is 0 Å². The molecule has 4 nitrogen and oxygen atoms in total. The summed E-state index contributed by atoms with van der Waals surface area (Å²) in [5.41, 5.74) is 3.35. The Kier molecular flexibility index (Phi) is 4.75. The molecular formula is C15H17ClN2O2S. The van der Waals surface area contributed by atoms with Gasteiger partial charge in [0.2, 0.25) is 10.0 Å². The van der Waals surface area contributed by atoms with Gasteiger partial charge in [-0.25, -0.2) is 8.42 Å². The van der Waals surface area contributed by atoms with E-state index in [1.54, 1.807) is 6.07 Å². The summed E-state index contributed by atoms with van der Waals surface area (Å²) < 4.78 is 25.0. The van der Waals surface area contributed by atoms with Crippen LogP contribution in [-0.2, 0) is 16.6 Å². The van der Waals surface area contributed by atoms with E-state index < -0.39 is 10.0 Å². The van der Waals surface area contributed by atoms with Gasteiger partial charge >= 0.3 is 0 Å². The van der Waals surface area contributed by atoms with Crippen molar-refractivity contribution >= 4 is 33.0 Å². The molecule has 0 saturated carbocycles. The number of hydrogen-bond donors (Lipinski definition) is 2. The number of nitrogens with one attached hydrogen (secondary N) is 2. The van der Waals surface area contributed by atoms with Crippen LogP contribution in [0.25, 0.3) is 0 Å². The Morgan fingerprint density at radius 1 is 1.14 bits per heavy atom. The van der Waals surface area contributed by atoms with Gasteiger partial charge in [0.15, 0.2) is 0 Å². The molecule has 0 bridgehead atoms. The van der Waals surface area contributed by atoms with E-state index in [-0.39, 0.29) is 0 Å². The average molecular weight is 325 g/mol. The second kappa shape index (κ2) is 6.37. The van der Waals surface area contributed by atoms with Gasteiger partial charge < -0.3 is 5.32 Å². The molecule has 0 radical (unpaired) electrons. The van der Waals surface area contributed by atoms with Crippen molar-refractivity contribution in [2.75, 3.05) is 16.3 Å². The zero-order valence-corrected chi connectivity index (χ0v) is 13.4. The lowest BCUT2D eigenvalue weighted by Crippen LogP contribution is -2.10. The van der Waals surface area contributed by atoms with Crippen LogP contribution < -0.4 is 10.0 Å². The highest BCUT2D eigenvalue weighted by molar-refractivity contribution is 7.92. The molecule has 0 amide bonds. The van der Waals surface area contributed by atoms with Crippen LogP contribution in [0.1, 0.15) is 11.1 Å². The van der Waals surface area contributed by atoms with Crippen molar-refractivity contribution in [3.8, 4) is 0 Å². The minimum atomic E-state index is -3.26. The summed E-state index contributed by atoms with van der Waals surface area (Å²) in [6.45, 7) is 2.46. The van der Waals surface area contributed by atoms with Gasteiger partial charge in [-0.05, 0) is 42.3 Å². The fourth-order valence-electron chi connectivity index (χ4n) is 1.93. The van der Waals surface area contributed by atoms with E-state index in [9.17, 15) is 8.42 Å². The Morgan fingerprint density at radius 2 is 1.86 bits per heavy atom. The maximum atomic E-state index is 11.2. The Hall–Kier alpha value is -1.72. The van der Waals surface area contributed by atoms with E-state index in [4.69, 9.17) is 11.6 Å². The summed E-state index contributed by atoms with van der Waals surface area (Å²) >= 11 is 6.10. The fourth-order valence-corrected chi connectivity index (χ4v) is 2.76. The monoisotopic (exact) mass is 324 g/mol. The predicted molar refractivity (Wildman–Crippen MR) is 88.4 cm³/mol. The maximum Gasteiger partial charge on any atom is 0.229 e. The summed E-state index contributed by atoms with van der Waals surface area (Å²) in [6.07, 6.45) is 1.13. The van der Waals surface area contributed by atoms with Crippen molar-refractivity contribution in [3.05, 3.63) is 58.6 Å². The van der Waals surface area contributed by atoms with Gasteiger partial charge in [0.1, 0.15) is 0 Å². The standard InChI is InChI=1S/C15H17ClN2O2S/c1-11-9-13(7-8-15(11)18-21(2,19)20)17-10-12-5-3-4-6-14(12)16/h3-9,17-18H,10H2,1-2H3. The maximum absolute atomic E-state index is 11.2. The summed E-state index contributed by atoms with van der Waals surface area (Å²) in [4.78, 5) is 0. The minimum absolute atomic E-state index is 0.584. The predicted octanol–water partition coefficient (Wildman–Crippen LogP) is 3.63. The van der Waals surface area contributed by atoms with E-state index in [0.717, 1.165) is 28.1 Å². The van der Waals surface area contributed by atoms with Crippen LogP contribution in [0.5, 0.6) is 0 Å². The highest BCUT2D eigenvalue weighted by atomic mass is 35.5. The Morgan fingerprint density at radius 3 is 2.48 bits per heavy atom. The SMILES string of the molecule is Cc1cc(NCc2ccccc2Cl)ccc1NS(C)(=O)=O. The lowest BCUT2D eigenvalue weighted by Gasteiger charge is -2.12. The minimum Gasteiger partial charge on any atom is -0.381 e. The fraction of sp³-hybridized carbons (Fsp3) is 0.200. The third-order valence-corrected chi connectivity index (χ3v) is 3.92. The number of rotatable bonds is 5. The largest absolute Gasteiger partial charge is 0.381 e. The van der Waals surface area contributed by atoms with E-state index in [1.807, 2.05) is 43.3 Å². The molecule has 0 heterocycles. The van der Waals surface area contributed by atoms with Crippen LogP contribution in [0.2, 0.25) is 5.02 Å². The van der Waals surface area contributed by atoms with E-state index in [2.05, 4.69) is 10.0 Å². The van der Waals surface area contributed by atoms with Gasteiger partial charge in [0.05, 0.1) is 11.9 Å². The normalized spacial score (nSPS) is 11.2. The number of halogens is 1. The van der Waals surface area contributed by atoms with Gasteiger partial charge in [-0.2, -0.15) is 0 Å². The molecule has 2 aromatic carbocycles. The molecule has 6 heteroatoms. The average Bonchev–Trinajstić information content (AvgIpc) is 2.39. The van der Waals surface area contributed by atoms with Gasteiger partial charge in [0, 0.05) is 17.3 Å². The Balaban J connectivity index is 2.09. The molecule has 2 N–H and O–H groups in total.